The second kappa shape index (κ2) is 10.4. The van der Waals surface area contributed by atoms with Gasteiger partial charge in [0.15, 0.2) is 0 Å². The van der Waals surface area contributed by atoms with E-state index in [1.807, 2.05) is 71.0 Å². The number of hydrogen-bond donors (Lipinski definition) is 1. The number of benzene rings is 2. The van der Waals surface area contributed by atoms with Crippen LogP contribution >= 0.6 is 0 Å². The molecule has 7 heteroatoms. The Bertz CT molecular complexity index is 1260. The summed E-state index contributed by atoms with van der Waals surface area (Å²) in [6.07, 6.45) is 7.32. The van der Waals surface area contributed by atoms with Gasteiger partial charge in [0, 0.05) is 31.1 Å². The number of aromatic nitrogens is 2. The molecule has 186 valence electrons. The third kappa shape index (κ3) is 4.78. The second-order valence-corrected chi connectivity index (χ2v) is 9.53. The summed E-state index contributed by atoms with van der Waals surface area (Å²) in [4.78, 5) is 31.8. The number of amides is 2. The standard InChI is InChI=1S/C29H32N4O3/c1-2-7-25(34)32-18-15-20(16-19-32)24-10-6-17-33-27(28(30)35)26(31-29(24)33)21-11-13-23(14-12-21)36-22-8-4-3-5-9-22/h2-5,7-9,11-14,20,24H,6,10,15-19H2,1H3,(H2,30,35)/b7-2+. The van der Waals surface area contributed by atoms with E-state index in [9.17, 15) is 9.59 Å². The molecular formula is C29H32N4O3. The van der Waals surface area contributed by atoms with Crippen LogP contribution in [0.15, 0.2) is 66.7 Å². The summed E-state index contributed by atoms with van der Waals surface area (Å²) < 4.78 is 7.96. The first kappa shape index (κ1) is 23.9. The van der Waals surface area contributed by atoms with E-state index in [0.717, 1.165) is 62.5 Å². The van der Waals surface area contributed by atoms with Crippen molar-refractivity contribution in [1.82, 2.24) is 14.5 Å². The fourth-order valence-corrected chi connectivity index (χ4v) is 5.55. The summed E-state index contributed by atoms with van der Waals surface area (Å²) in [5.41, 5.74) is 7.84. The van der Waals surface area contributed by atoms with Gasteiger partial charge >= 0.3 is 0 Å². The lowest BCUT2D eigenvalue weighted by atomic mass is 9.79. The van der Waals surface area contributed by atoms with Gasteiger partial charge in [0.25, 0.3) is 5.91 Å². The summed E-state index contributed by atoms with van der Waals surface area (Å²) in [6, 6.07) is 17.3. The molecular weight excluding hydrogens is 452 g/mol. The van der Waals surface area contributed by atoms with Crippen molar-refractivity contribution >= 4 is 11.8 Å². The molecule has 1 unspecified atom stereocenters. The number of hydrogen-bond acceptors (Lipinski definition) is 4. The Labute approximate surface area is 211 Å². The maximum absolute atomic E-state index is 12.6. The van der Waals surface area contributed by atoms with Crippen molar-refractivity contribution in [2.45, 2.75) is 45.1 Å². The van der Waals surface area contributed by atoms with Gasteiger partial charge in [-0.15, -0.1) is 0 Å². The van der Waals surface area contributed by atoms with Crippen molar-refractivity contribution in [3.63, 3.8) is 0 Å². The molecule has 1 fully saturated rings. The van der Waals surface area contributed by atoms with Crippen molar-refractivity contribution in [2.75, 3.05) is 13.1 Å². The summed E-state index contributed by atoms with van der Waals surface area (Å²) in [5, 5.41) is 0. The van der Waals surface area contributed by atoms with Gasteiger partial charge in [-0.3, -0.25) is 9.59 Å². The number of carbonyl (C=O) groups is 2. The van der Waals surface area contributed by atoms with Crippen LogP contribution in [-0.4, -0.2) is 39.4 Å². The van der Waals surface area contributed by atoms with Crippen LogP contribution in [0.3, 0.4) is 0 Å². The molecule has 0 bridgehead atoms. The van der Waals surface area contributed by atoms with E-state index >= 15 is 0 Å². The van der Waals surface area contributed by atoms with Gasteiger partial charge in [0.1, 0.15) is 28.7 Å². The number of primary amides is 1. The van der Waals surface area contributed by atoms with Crippen molar-refractivity contribution in [1.29, 1.82) is 0 Å². The Kier molecular flexibility index (Phi) is 6.89. The Morgan fingerprint density at radius 3 is 2.33 bits per heavy atom. The van der Waals surface area contributed by atoms with E-state index < -0.39 is 5.91 Å². The maximum Gasteiger partial charge on any atom is 0.267 e. The normalized spacial score (nSPS) is 18.2. The number of nitrogens with two attached hydrogens (primary N) is 1. The number of carbonyl (C=O) groups excluding carboxylic acids is 2. The molecule has 1 aromatic heterocycles. The Morgan fingerprint density at radius 2 is 1.67 bits per heavy atom. The fraction of sp³-hybridized carbons (Fsp3) is 0.345. The zero-order valence-corrected chi connectivity index (χ0v) is 20.6. The molecule has 2 N–H and O–H groups in total. The number of fused-ring (bicyclic) bond motifs is 1. The molecule has 3 heterocycles. The van der Waals surface area contributed by atoms with Gasteiger partial charge in [0.05, 0.1) is 0 Å². The van der Waals surface area contributed by atoms with E-state index in [-0.39, 0.29) is 11.8 Å². The van der Waals surface area contributed by atoms with Crippen LogP contribution in [0.5, 0.6) is 11.5 Å². The molecule has 36 heavy (non-hydrogen) atoms. The van der Waals surface area contributed by atoms with E-state index in [1.165, 1.54) is 0 Å². The highest BCUT2D eigenvalue weighted by atomic mass is 16.5. The Hall–Kier alpha value is -3.87. The molecule has 2 aliphatic heterocycles. The number of allylic oxidation sites excluding steroid dienone is 1. The molecule has 7 nitrogen and oxygen atoms in total. The average molecular weight is 485 g/mol. The molecule has 3 aromatic rings. The molecule has 1 saturated heterocycles. The quantitative estimate of drug-likeness (QED) is 0.491. The fourth-order valence-electron chi connectivity index (χ4n) is 5.55. The zero-order chi connectivity index (χ0) is 25.1. The lowest BCUT2D eigenvalue weighted by molar-refractivity contribution is -0.127. The number of nitrogens with zero attached hydrogens (tertiary/aromatic N) is 3. The summed E-state index contributed by atoms with van der Waals surface area (Å²) in [5.74, 6) is 2.74. The number of likely N-dealkylation sites (tertiary alicyclic amines) is 1. The number of rotatable bonds is 6. The van der Waals surface area contributed by atoms with Crippen LogP contribution in [0, 0.1) is 5.92 Å². The first-order chi connectivity index (χ1) is 17.5. The largest absolute Gasteiger partial charge is 0.457 e. The van der Waals surface area contributed by atoms with Gasteiger partial charge in [-0.05, 0) is 81.0 Å². The van der Waals surface area contributed by atoms with Crippen molar-refractivity contribution < 1.29 is 14.3 Å². The van der Waals surface area contributed by atoms with Crippen LogP contribution in [0.4, 0.5) is 0 Å². The zero-order valence-electron chi connectivity index (χ0n) is 20.6. The minimum absolute atomic E-state index is 0.0825. The molecule has 0 aliphatic carbocycles. The Balaban J connectivity index is 1.39. The summed E-state index contributed by atoms with van der Waals surface area (Å²) in [7, 11) is 0. The molecule has 1 atom stereocenters. The van der Waals surface area contributed by atoms with Crippen molar-refractivity contribution in [3.8, 4) is 22.8 Å². The number of imidazole rings is 1. The predicted octanol–water partition coefficient (Wildman–Crippen LogP) is 5.13. The van der Waals surface area contributed by atoms with Gasteiger partial charge in [-0.2, -0.15) is 0 Å². The van der Waals surface area contributed by atoms with Crippen LogP contribution in [0.25, 0.3) is 11.3 Å². The minimum Gasteiger partial charge on any atom is -0.457 e. The van der Waals surface area contributed by atoms with E-state index in [2.05, 4.69) is 0 Å². The van der Waals surface area contributed by atoms with Gasteiger partial charge < -0.3 is 19.9 Å². The maximum atomic E-state index is 12.6. The third-order valence-corrected chi connectivity index (χ3v) is 7.30. The number of para-hydroxylation sites is 1. The van der Waals surface area contributed by atoms with Gasteiger partial charge in [0.2, 0.25) is 5.91 Å². The molecule has 5 rings (SSSR count). The molecule has 2 aliphatic rings. The second-order valence-electron chi connectivity index (χ2n) is 9.53. The monoisotopic (exact) mass is 484 g/mol. The highest BCUT2D eigenvalue weighted by Gasteiger charge is 2.36. The molecule has 0 spiro atoms. The molecule has 0 saturated carbocycles. The molecule has 0 radical (unpaired) electrons. The van der Waals surface area contributed by atoms with Crippen LogP contribution in [0.1, 0.15) is 54.8 Å². The SMILES string of the molecule is C/C=C/C(=O)N1CCC(C2CCCn3c2nc(-c2ccc(Oc4ccccc4)cc2)c3C(N)=O)CC1. The van der Waals surface area contributed by atoms with Crippen LogP contribution in [0.2, 0.25) is 0 Å². The topological polar surface area (TPSA) is 90.4 Å². The summed E-state index contributed by atoms with van der Waals surface area (Å²) >= 11 is 0. The van der Waals surface area contributed by atoms with Crippen LogP contribution < -0.4 is 10.5 Å². The average Bonchev–Trinajstić information content (AvgIpc) is 3.30. The van der Waals surface area contributed by atoms with Crippen molar-refractivity contribution in [2.24, 2.45) is 11.7 Å². The van der Waals surface area contributed by atoms with Gasteiger partial charge in [-0.25, -0.2) is 4.98 Å². The van der Waals surface area contributed by atoms with Gasteiger partial charge in [-0.1, -0.05) is 24.3 Å². The molecule has 2 aromatic carbocycles. The highest BCUT2D eigenvalue weighted by molar-refractivity contribution is 5.97. The smallest absolute Gasteiger partial charge is 0.267 e. The number of ether oxygens (including phenoxy) is 1. The summed E-state index contributed by atoms with van der Waals surface area (Å²) in [6.45, 7) is 4.11. The van der Waals surface area contributed by atoms with E-state index in [0.29, 0.717) is 23.1 Å². The first-order valence-electron chi connectivity index (χ1n) is 12.7. The highest BCUT2D eigenvalue weighted by Crippen LogP contribution is 2.41. The molecule has 2 amide bonds. The lowest BCUT2D eigenvalue weighted by Crippen LogP contribution is -2.39. The lowest BCUT2D eigenvalue weighted by Gasteiger charge is -2.37. The van der Waals surface area contributed by atoms with Crippen molar-refractivity contribution in [3.05, 3.63) is 78.3 Å². The number of piperidine rings is 1. The Morgan fingerprint density at radius 1 is 0.972 bits per heavy atom. The van der Waals surface area contributed by atoms with E-state index in [1.54, 1.807) is 12.2 Å². The minimum atomic E-state index is -0.458. The predicted molar refractivity (Wildman–Crippen MR) is 139 cm³/mol. The first-order valence-corrected chi connectivity index (χ1v) is 12.7. The van der Waals surface area contributed by atoms with E-state index in [4.69, 9.17) is 15.5 Å². The third-order valence-electron chi connectivity index (χ3n) is 7.30. The van der Waals surface area contributed by atoms with Crippen LogP contribution in [-0.2, 0) is 11.3 Å².